The van der Waals surface area contributed by atoms with Gasteiger partial charge in [-0.05, 0) is 26.7 Å². The highest BCUT2D eigenvalue weighted by atomic mass is 32.1. The van der Waals surface area contributed by atoms with Crippen LogP contribution in [0.15, 0.2) is 0 Å². The van der Waals surface area contributed by atoms with Crippen LogP contribution in [-0.4, -0.2) is 29.3 Å². The van der Waals surface area contributed by atoms with Crippen LogP contribution in [0.3, 0.4) is 0 Å². The van der Waals surface area contributed by atoms with Gasteiger partial charge in [-0.15, -0.1) is 10.2 Å². The predicted octanol–water partition coefficient (Wildman–Crippen LogP) is 2.68. The second kappa shape index (κ2) is 7.20. The summed E-state index contributed by atoms with van der Waals surface area (Å²) in [6.45, 7) is 8.80. The Morgan fingerprint density at radius 3 is 2.65 bits per heavy atom. The summed E-state index contributed by atoms with van der Waals surface area (Å²) in [4.78, 5) is 13.6. The van der Waals surface area contributed by atoms with E-state index in [2.05, 4.69) is 21.6 Å². The minimum absolute atomic E-state index is 0.174. The lowest BCUT2D eigenvalue weighted by atomic mass is 9.91. The quantitative estimate of drug-likeness (QED) is 0.874. The third-order valence-electron chi connectivity index (χ3n) is 3.09. The molecule has 7 heteroatoms. The summed E-state index contributed by atoms with van der Waals surface area (Å²) in [5, 5.41) is 21.4. The fraction of sp³-hybridized carbons (Fsp3) is 0.692. The van der Waals surface area contributed by atoms with Crippen LogP contribution in [-0.2, 0) is 5.41 Å². The molecule has 20 heavy (non-hydrogen) atoms. The van der Waals surface area contributed by atoms with Crippen molar-refractivity contribution in [2.75, 3.05) is 18.0 Å². The van der Waals surface area contributed by atoms with Gasteiger partial charge in [0.1, 0.15) is 10.4 Å². The number of urea groups is 1. The van der Waals surface area contributed by atoms with Gasteiger partial charge in [0.05, 0.1) is 6.07 Å². The standard InChI is InChI=1S/C13H21N5OS/c1-5-8-18(11(19)15-7-3)12-17-16-10(20-12)13(4,6-2)9-14/h5-8H2,1-4H3,(H,15,19). The SMILES string of the molecule is CCCN(C(=O)NCC)c1nnc(C(C)(C#N)CC)s1. The van der Waals surface area contributed by atoms with Crippen molar-refractivity contribution in [2.24, 2.45) is 0 Å². The van der Waals surface area contributed by atoms with E-state index in [1.54, 1.807) is 4.90 Å². The second-order valence-electron chi connectivity index (χ2n) is 4.67. The van der Waals surface area contributed by atoms with Crippen molar-refractivity contribution in [1.82, 2.24) is 15.5 Å². The van der Waals surface area contributed by atoms with Crippen LogP contribution in [0, 0.1) is 11.3 Å². The van der Waals surface area contributed by atoms with Crippen LogP contribution in [0.2, 0.25) is 0 Å². The average Bonchev–Trinajstić information content (AvgIpc) is 2.94. The number of aromatic nitrogens is 2. The molecule has 0 aromatic carbocycles. The Labute approximate surface area is 123 Å². The van der Waals surface area contributed by atoms with Gasteiger partial charge in [-0.1, -0.05) is 25.2 Å². The molecule has 0 saturated heterocycles. The van der Waals surface area contributed by atoms with Gasteiger partial charge < -0.3 is 5.32 Å². The van der Waals surface area contributed by atoms with Gasteiger partial charge in [-0.25, -0.2) is 4.79 Å². The van der Waals surface area contributed by atoms with E-state index in [1.807, 2.05) is 27.7 Å². The minimum Gasteiger partial charge on any atom is -0.338 e. The minimum atomic E-state index is -0.644. The molecule has 1 rings (SSSR count). The second-order valence-corrected chi connectivity index (χ2v) is 5.63. The maximum Gasteiger partial charge on any atom is 0.323 e. The summed E-state index contributed by atoms with van der Waals surface area (Å²) in [5.74, 6) is 0. The number of hydrogen-bond donors (Lipinski definition) is 1. The highest BCUT2D eigenvalue weighted by molar-refractivity contribution is 7.15. The summed E-state index contributed by atoms with van der Waals surface area (Å²) in [6, 6.07) is 2.10. The fourth-order valence-electron chi connectivity index (χ4n) is 1.58. The van der Waals surface area contributed by atoms with E-state index < -0.39 is 5.41 Å². The molecule has 0 spiro atoms. The monoisotopic (exact) mass is 295 g/mol. The maximum atomic E-state index is 12.0. The Hall–Kier alpha value is -1.68. The van der Waals surface area contributed by atoms with Crippen LogP contribution in [0.4, 0.5) is 9.93 Å². The Morgan fingerprint density at radius 1 is 1.45 bits per heavy atom. The molecule has 0 saturated carbocycles. The molecule has 0 aliphatic rings. The van der Waals surface area contributed by atoms with Gasteiger partial charge in [-0.2, -0.15) is 5.26 Å². The fourth-order valence-corrected chi connectivity index (χ4v) is 2.62. The van der Waals surface area contributed by atoms with Crippen molar-refractivity contribution in [1.29, 1.82) is 5.26 Å². The van der Waals surface area contributed by atoms with E-state index in [4.69, 9.17) is 0 Å². The van der Waals surface area contributed by atoms with E-state index in [0.717, 1.165) is 6.42 Å². The number of amides is 2. The average molecular weight is 295 g/mol. The molecule has 2 amide bonds. The van der Waals surface area contributed by atoms with E-state index in [-0.39, 0.29) is 6.03 Å². The first-order chi connectivity index (χ1) is 9.52. The summed E-state index contributed by atoms with van der Waals surface area (Å²) in [5.41, 5.74) is -0.644. The smallest absolute Gasteiger partial charge is 0.323 e. The van der Waals surface area contributed by atoms with Crippen LogP contribution in [0.25, 0.3) is 0 Å². The highest BCUT2D eigenvalue weighted by Gasteiger charge is 2.30. The molecule has 0 aliphatic carbocycles. The van der Waals surface area contributed by atoms with Crippen LogP contribution < -0.4 is 10.2 Å². The topological polar surface area (TPSA) is 81.9 Å². The highest BCUT2D eigenvalue weighted by Crippen LogP contribution is 2.32. The zero-order valence-electron chi connectivity index (χ0n) is 12.4. The largest absolute Gasteiger partial charge is 0.338 e. The summed E-state index contributed by atoms with van der Waals surface area (Å²) < 4.78 is 0. The number of nitriles is 1. The third kappa shape index (κ3) is 3.45. The lowest BCUT2D eigenvalue weighted by Gasteiger charge is -2.19. The zero-order valence-corrected chi connectivity index (χ0v) is 13.3. The van der Waals surface area contributed by atoms with Crippen molar-refractivity contribution in [2.45, 2.75) is 46.0 Å². The van der Waals surface area contributed by atoms with Gasteiger partial charge in [0.15, 0.2) is 0 Å². The van der Waals surface area contributed by atoms with Gasteiger partial charge in [0, 0.05) is 13.1 Å². The summed E-state index contributed by atoms with van der Waals surface area (Å²) >= 11 is 1.31. The number of rotatable bonds is 6. The van der Waals surface area contributed by atoms with Crippen molar-refractivity contribution in [3.8, 4) is 6.07 Å². The lowest BCUT2D eigenvalue weighted by Crippen LogP contribution is -2.40. The van der Waals surface area contributed by atoms with Gasteiger partial charge in [-0.3, -0.25) is 4.90 Å². The van der Waals surface area contributed by atoms with Crippen LogP contribution in [0.5, 0.6) is 0 Å². The molecule has 1 aromatic rings. The van der Waals surface area contributed by atoms with Crippen molar-refractivity contribution in [3.63, 3.8) is 0 Å². The van der Waals surface area contributed by atoms with Crippen molar-refractivity contribution >= 4 is 22.5 Å². The predicted molar refractivity (Wildman–Crippen MR) is 79.9 cm³/mol. The van der Waals surface area contributed by atoms with Crippen molar-refractivity contribution < 1.29 is 4.79 Å². The number of anilines is 1. The first kappa shape index (κ1) is 16.4. The molecule has 1 aromatic heterocycles. The molecule has 1 N–H and O–H groups in total. The Morgan fingerprint density at radius 2 is 2.15 bits per heavy atom. The molecule has 1 heterocycles. The number of nitrogens with one attached hydrogen (secondary N) is 1. The van der Waals surface area contributed by atoms with Crippen LogP contribution in [0.1, 0.15) is 45.5 Å². The number of hydrogen-bond acceptors (Lipinski definition) is 5. The molecule has 6 nitrogen and oxygen atoms in total. The molecule has 0 aliphatic heterocycles. The van der Waals surface area contributed by atoms with E-state index in [0.29, 0.717) is 29.6 Å². The lowest BCUT2D eigenvalue weighted by molar-refractivity contribution is 0.246. The molecular weight excluding hydrogens is 274 g/mol. The Bertz CT molecular complexity index is 495. The third-order valence-corrected chi connectivity index (χ3v) is 4.30. The molecule has 0 radical (unpaired) electrons. The molecule has 110 valence electrons. The molecule has 1 unspecified atom stereocenters. The molecule has 1 atom stereocenters. The van der Waals surface area contributed by atoms with Crippen LogP contribution >= 0.6 is 11.3 Å². The molecule has 0 bridgehead atoms. The normalized spacial score (nSPS) is 13.3. The maximum absolute atomic E-state index is 12.0. The van der Waals surface area contributed by atoms with Gasteiger partial charge >= 0.3 is 6.03 Å². The molecule has 0 fully saturated rings. The Kier molecular flexibility index (Phi) is 5.89. The van der Waals surface area contributed by atoms with E-state index in [9.17, 15) is 10.1 Å². The first-order valence-corrected chi connectivity index (χ1v) is 7.64. The summed E-state index contributed by atoms with van der Waals surface area (Å²) in [6.07, 6.45) is 1.49. The number of carbonyl (C=O) groups excluding carboxylic acids is 1. The van der Waals surface area contributed by atoms with Gasteiger partial charge in [0.25, 0.3) is 0 Å². The van der Waals surface area contributed by atoms with E-state index in [1.165, 1.54) is 11.3 Å². The number of nitrogens with zero attached hydrogens (tertiary/aromatic N) is 4. The summed E-state index contributed by atoms with van der Waals surface area (Å²) in [7, 11) is 0. The Balaban J connectivity index is 3.03. The zero-order chi connectivity index (χ0) is 15.2. The number of carbonyl (C=O) groups is 1. The first-order valence-electron chi connectivity index (χ1n) is 6.83. The van der Waals surface area contributed by atoms with Crippen molar-refractivity contribution in [3.05, 3.63) is 5.01 Å². The van der Waals surface area contributed by atoms with Gasteiger partial charge in [0.2, 0.25) is 5.13 Å². The van der Waals surface area contributed by atoms with E-state index >= 15 is 0 Å². The molecular formula is C13H21N5OS.